The first-order chi connectivity index (χ1) is 37.2. The molecule has 5 aromatic carbocycles. The molecular weight excluding hydrogens is 1130 g/mol. The first-order valence-corrected chi connectivity index (χ1v) is 38.5. The normalized spacial score (nSPS) is 12.6. The molecule has 0 aliphatic carbocycles. The Hall–Kier alpha value is -4.64. The Balaban J connectivity index is 0.000000314. The molecule has 0 fully saturated rings. The van der Waals surface area contributed by atoms with Gasteiger partial charge in [0, 0.05) is 47.9 Å². The van der Waals surface area contributed by atoms with Crippen LogP contribution >= 0.6 is 0 Å². The number of benzene rings is 5. The Morgan fingerprint density at radius 1 is 0.430 bits per heavy atom. The minimum atomic E-state index is -3.59. The van der Waals surface area contributed by atoms with Crippen LogP contribution in [-0.2, 0) is 56.1 Å². The molecule has 5 rings (SSSR count). The van der Waals surface area contributed by atoms with Crippen LogP contribution in [-0.4, -0.2) is 132 Å². The summed E-state index contributed by atoms with van der Waals surface area (Å²) >= 11 is 0. The van der Waals surface area contributed by atoms with Gasteiger partial charge in [0.2, 0.25) is 19.7 Å². The van der Waals surface area contributed by atoms with E-state index >= 15 is 0 Å². The number of hydrogen-bond acceptors (Lipinski definition) is 17. The van der Waals surface area contributed by atoms with Gasteiger partial charge in [-0.25, -0.2) is 25.3 Å². The van der Waals surface area contributed by atoms with Crippen molar-refractivity contribution in [3.05, 3.63) is 121 Å². The number of methoxy groups -OCH3 is 1. The molecule has 0 heterocycles. The van der Waals surface area contributed by atoms with Gasteiger partial charge in [-0.15, -0.1) is 0 Å². The number of sulfone groups is 3. The molecule has 5 aromatic rings. The van der Waals surface area contributed by atoms with E-state index in [9.17, 15) is 25.3 Å². The van der Waals surface area contributed by atoms with Gasteiger partial charge in [-0.3, -0.25) is 0 Å². The molecule has 440 valence electrons. The van der Waals surface area contributed by atoms with Crippen molar-refractivity contribution in [3.63, 3.8) is 0 Å². The van der Waals surface area contributed by atoms with Crippen LogP contribution in [0.5, 0.6) is 28.7 Å². The lowest BCUT2D eigenvalue weighted by molar-refractivity contribution is 0.176. The largest absolute Gasteiger partial charge is 0.497 e. The lowest BCUT2D eigenvalue weighted by atomic mass is 10.2. The van der Waals surface area contributed by atoms with Gasteiger partial charge in [-0.2, -0.15) is 0 Å². The molecular formula is C56H84O17S3Si3. The van der Waals surface area contributed by atoms with Gasteiger partial charge in [-0.05, 0) is 206 Å². The van der Waals surface area contributed by atoms with Gasteiger partial charge in [0.05, 0.1) is 57.5 Å². The molecule has 0 saturated heterocycles. The zero-order valence-electron chi connectivity index (χ0n) is 48.4. The van der Waals surface area contributed by atoms with Crippen LogP contribution < -0.4 is 23.7 Å². The third kappa shape index (κ3) is 23.0. The highest BCUT2D eigenvalue weighted by Crippen LogP contribution is 2.28. The van der Waals surface area contributed by atoms with Crippen molar-refractivity contribution >= 4 is 55.2 Å². The van der Waals surface area contributed by atoms with Crippen LogP contribution in [0.1, 0.15) is 47.5 Å². The van der Waals surface area contributed by atoms with E-state index in [0.717, 1.165) is 31.0 Å². The molecule has 23 heteroatoms. The Labute approximate surface area is 474 Å². The van der Waals surface area contributed by atoms with Gasteiger partial charge in [0.15, 0.2) is 9.84 Å². The maximum Gasteiger partial charge on any atom is 0.335 e. The number of ether oxygens (including phenoxy) is 5. The predicted octanol–water partition coefficient (Wildman–Crippen LogP) is 11.4. The third-order valence-corrected chi connectivity index (χ3v) is 26.3. The van der Waals surface area contributed by atoms with Gasteiger partial charge < -0.3 is 50.2 Å². The molecule has 1 atom stereocenters. The summed E-state index contributed by atoms with van der Waals surface area (Å²) in [7, 11) is -8.44. The van der Waals surface area contributed by atoms with Gasteiger partial charge in [0.1, 0.15) is 28.7 Å². The Bertz CT molecular complexity index is 2860. The zero-order chi connectivity index (χ0) is 58.9. The van der Waals surface area contributed by atoms with Crippen LogP contribution in [0.25, 0.3) is 0 Å². The second kappa shape index (κ2) is 32.7. The van der Waals surface area contributed by atoms with Gasteiger partial charge in [0.25, 0.3) is 0 Å². The van der Waals surface area contributed by atoms with Crippen LogP contribution in [0.2, 0.25) is 37.8 Å². The summed E-state index contributed by atoms with van der Waals surface area (Å²) < 4.78 is 135. The quantitative estimate of drug-likeness (QED) is 0.0299. The minimum Gasteiger partial charge on any atom is -0.497 e. The van der Waals surface area contributed by atoms with Gasteiger partial charge in [-0.1, -0.05) is 6.92 Å². The molecule has 0 aliphatic rings. The van der Waals surface area contributed by atoms with Crippen LogP contribution in [0, 0.1) is 5.92 Å². The summed E-state index contributed by atoms with van der Waals surface area (Å²) in [4.78, 5) is 1.19. The summed E-state index contributed by atoms with van der Waals surface area (Å²) in [6.45, 7) is 18.9. The standard InChI is InChI=1S/C21H30O6SSi.C19H26O6SSi.C16H28O5SSi/c1-17(2)27-19-9-13-21(14-10-19)28(22,23)20-11-7-18(8-12-20)26-15-6-16-29(5,24-3)25-4;1-22-16-6-10-18(11-7-16)26(20,21)19-12-8-17(9-13-19)25-14-5-15-27(4,23-2)24-3;1-6-20-23(5,21-7-2)13-14(3)12-19-15-8-10-16(11-9-15)22(4,17)18/h7-14,17H,6,15-16H2,1-5H3;6-13H,5,14-15H2,1-4H3;8-11,14H,6-7,12-13H2,1-5H3. The minimum absolute atomic E-state index is 0.0325. The lowest BCUT2D eigenvalue weighted by Crippen LogP contribution is -2.41. The Morgan fingerprint density at radius 3 is 1.05 bits per heavy atom. The van der Waals surface area contributed by atoms with Crippen LogP contribution in [0.15, 0.2) is 146 Å². The number of hydrogen-bond donors (Lipinski definition) is 0. The SMILES string of the molecule is CCO[Si](C)(CC(C)COc1ccc(S(C)(=O)=O)cc1)OCC.CO[Si](C)(CCCOc1ccc(S(=O)(=O)c2ccc(OC(C)C)cc2)cc1)OC.COc1ccc(S(=O)(=O)c2ccc(OCCC[Si](C)(OC)OC)cc2)cc1. The summed E-state index contributed by atoms with van der Waals surface area (Å²) in [5.41, 5.74) is 0. The van der Waals surface area contributed by atoms with E-state index in [1.807, 2.05) is 40.8 Å². The average Bonchev–Trinajstić information content (AvgIpc) is 3.43. The van der Waals surface area contributed by atoms with Crippen LogP contribution in [0.3, 0.4) is 0 Å². The van der Waals surface area contributed by atoms with Crippen molar-refractivity contribution in [2.24, 2.45) is 5.92 Å². The second-order valence-corrected chi connectivity index (χ2v) is 35.5. The summed E-state index contributed by atoms with van der Waals surface area (Å²) in [5, 5.41) is 0. The molecule has 1 unspecified atom stereocenters. The maximum absolute atomic E-state index is 12.8. The van der Waals surface area contributed by atoms with E-state index < -0.39 is 55.2 Å². The summed E-state index contributed by atoms with van der Waals surface area (Å²) in [6.07, 6.45) is 2.83. The fraction of sp³-hybridized carbons (Fsp3) is 0.464. The van der Waals surface area contributed by atoms with Gasteiger partial charge >= 0.3 is 25.7 Å². The first kappa shape index (κ1) is 68.6. The van der Waals surface area contributed by atoms with Crippen molar-refractivity contribution in [1.82, 2.24) is 0 Å². The second-order valence-electron chi connectivity index (χ2n) is 19.1. The van der Waals surface area contributed by atoms with E-state index in [2.05, 4.69) is 13.5 Å². The smallest absolute Gasteiger partial charge is 0.335 e. The fourth-order valence-corrected chi connectivity index (χ4v) is 16.5. The molecule has 0 aromatic heterocycles. The Morgan fingerprint density at radius 2 is 0.747 bits per heavy atom. The molecule has 0 aliphatic heterocycles. The Kier molecular flexibility index (Phi) is 28.4. The molecule has 0 bridgehead atoms. The summed E-state index contributed by atoms with van der Waals surface area (Å²) in [5.74, 6) is 3.46. The van der Waals surface area contributed by atoms with Crippen molar-refractivity contribution < 1.29 is 75.5 Å². The third-order valence-electron chi connectivity index (χ3n) is 12.4. The van der Waals surface area contributed by atoms with Crippen molar-refractivity contribution in [1.29, 1.82) is 0 Å². The molecule has 0 amide bonds. The number of rotatable bonds is 31. The molecule has 79 heavy (non-hydrogen) atoms. The van der Waals surface area contributed by atoms with Crippen molar-refractivity contribution in [3.8, 4) is 28.7 Å². The average molecular weight is 1210 g/mol. The maximum atomic E-state index is 12.8. The van der Waals surface area contributed by atoms with Crippen LogP contribution in [0.4, 0.5) is 0 Å². The zero-order valence-corrected chi connectivity index (χ0v) is 53.9. The molecule has 0 N–H and O–H groups in total. The molecule has 0 saturated carbocycles. The van der Waals surface area contributed by atoms with E-state index in [0.29, 0.717) is 72.6 Å². The van der Waals surface area contributed by atoms with E-state index in [-0.39, 0.29) is 25.7 Å². The van der Waals surface area contributed by atoms with E-state index in [1.165, 1.54) is 25.5 Å². The first-order valence-electron chi connectivity index (χ1n) is 26.0. The molecule has 0 spiro atoms. The monoisotopic (exact) mass is 1210 g/mol. The van der Waals surface area contributed by atoms with Crippen molar-refractivity contribution in [2.45, 2.75) is 116 Å². The summed E-state index contributed by atoms with van der Waals surface area (Å²) in [6, 6.07) is 34.7. The fourth-order valence-electron chi connectivity index (χ4n) is 7.65. The predicted molar refractivity (Wildman–Crippen MR) is 314 cm³/mol. The highest BCUT2D eigenvalue weighted by molar-refractivity contribution is 7.92. The molecule has 0 radical (unpaired) electrons. The highest BCUT2D eigenvalue weighted by Gasteiger charge is 2.33. The van der Waals surface area contributed by atoms with E-state index in [4.69, 9.17) is 50.2 Å². The highest BCUT2D eigenvalue weighted by atomic mass is 32.2. The topological polar surface area (TPSA) is 204 Å². The molecule has 17 nitrogen and oxygen atoms in total. The van der Waals surface area contributed by atoms with Crippen molar-refractivity contribution in [2.75, 3.05) is 74.8 Å². The lowest BCUT2D eigenvalue weighted by Gasteiger charge is -2.28. The van der Waals surface area contributed by atoms with E-state index in [1.54, 1.807) is 138 Å².